The van der Waals surface area contributed by atoms with E-state index in [0.29, 0.717) is 15.9 Å². The van der Waals surface area contributed by atoms with Crippen molar-refractivity contribution in [1.29, 1.82) is 0 Å². The summed E-state index contributed by atoms with van der Waals surface area (Å²) in [5.74, 6) is 0.415. The fourth-order valence-corrected chi connectivity index (χ4v) is 2.72. The Balaban J connectivity index is 1.80. The number of nitrogens with zero attached hydrogens (tertiary/aromatic N) is 2. The molecule has 5 nitrogen and oxygen atoms in total. The maximum atomic E-state index is 11.9. The van der Waals surface area contributed by atoms with Gasteiger partial charge in [0.05, 0.1) is 0 Å². The molecule has 2 aromatic rings. The van der Waals surface area contributed by atoms with Crippen LogP contribution < -0.4 is 5.32 Å². The molecule has 0 spiro atoms. The van der Waals surface area contributed by atoms with Gasteiger partial charge < -0.3 is 10.1 Å². The van der Waals surface area contributed by atoms with Crippen LogP contribution in [0.4, 0.5) is 18.0 Å². The average Bonchev–Trinajstić information content (AvgIpc) is 2.97. The fraction of sp³-hybridized carbons (Fsp3) is 0.286. The number of carbonyl (C=O) groups excluding carboxylic acids is 1. The number of amides is 1. The molecule has 1 N–H and O–H groups in total. The van der Waals surface area contributed by atoms with Crippen molar-refractivity contribution in [3.8, 4) is 5.69 Å². The highest BCUT2D eigenvalue weighted by Gasteiger charge is 2.29. The lowest BCUT2D eigenvalue weighted by molar-refractivity contribution is -0.160. The number of benzene rings is 1. The Morgan fingerprint density at radius 1 is 1.42 bits per heavy atom. The van der Waals surface area contributed by atoms with Gasteiger partial charge in [0.1, 0.15) is 0 Å². The summed E-state index contributed by atoms with van der Waals surface area (Å²) in [4.78, 5) is 15.3. The highest BCUT2D eigenvalue weighted by atomic mass is 35.5. The normalized spacial score (nSPS) is 11.3. The Bertz CT molecular complexity index is 694. The summed E-state index contributed by atoms with van der Waals surface area (Å²) in [5, 5.41) is 3.50. The zero-order valence-electron chi connectivity index (χ0n) is 12.2. The van der Waals surface area contributed by atoms with Gasteiger partial charge in [-0.25, -0.2) is 9.78 Å². The van der Waals surface area contributed by atoms with Crippen molar-refractivity contribution < 1.29 is 22.7 Å². The Labute approximate surface area is 145 Å². The Kier molecular flexibility index (Phi) is 6.38. The van der Waals surface area contributed by atoms with Crippen LogP contribution in [0.5, 0.6) is 0 Å². The molecule has 0 saturated carbocycles. The predicted octanol–water partition coefficient (Wildman–Crippen LogP) is 3.91. The van der Waals surface area contributed by atoms with Crippen LogP contribution in [0, 0.1) is 0 Å². The van der Waals surface area contributed by atoms with Crippen molar-refractivity contribution in [2.45, 2.75) is 11.3 Å². The first kappa shape index (κ1) is 18.5. The van der Waals surface area contributed by atoms with E-state index in [-0.39, 0.29) is 6.54 Å². The summed E-state index contributed by atoms with van der Waals surface area (Å²) in [6, 6.07) is 7.21. The lowest BCUT2D eigenvalue weighted by atomic mass is 10.3. The molecule has 0 aliphatic rings. The number of rotatable bonds is 6. The largest absolute Gasteiger partial charge is 0.440 e. The van der Waals surface area contributed by atoms with Crippen LogP contribution in [0.3, 0.4) is 0 Å². The van der Waals surface area contributed by atoms with Crippen molar-refractivity contribution in [2.75, 3.05) is 18.9 Å². The molecule has 0 unspecified atom stereocenters. The fourth-order valence-electron chi connectivity index (χ4n) is 1.71. The van der Waals surface area contributed by atoms with Crippen LogP contribution in [-0.2, 0) is 4.74 Å². The van der Waals surface area contributed by atoms with E-state index in [4.69, 9.17) is 11.6 Å². The van der Waals surface area contributed by atoms with Crippen molar-refractivity contribution in [1.82, 2.24) is 14.9 Å². The van der Waals surface area contributed by atoms with E-state index in [1.54, 1.807) is 24.5 Å². The van der Waals surface area contributed by atoms with Gasteiger partial charge in [0.25, 0.3) is 0 Å². The number of thioether (sulfide) groups is 1. The predicted molar refractivity (Wildman–Crippen MR) is 84.7 cm³/mol. The number of imidazole rings is 1. The molecule has 2 rings (SSSR count). The van der Waals surface area contributed by atoms with Crippen LogP contribution in [0.15, 0.2) is 41.8 Å². The maximum absolute atomic E-state index is 11.9. The van der Waals surface area contributed by atoms with Crippen LogP contribution in [0.1, 0.15) is 0 Å². The topological polar surface area (TPSA) is 56.2 Å². The summed E-state index contributed by atoms with van der Waals surface area (Å²) < 4.78 is 41.5. The van der Waals surface area contributed by atoms with Crippen molar-refractivity contribution in [3.05, 3.63) is 41.7 Å². The minimum Gasteiger partial charge on any atom is -0.440 e. The molecule has 1 aromatic heterocycles. The van der Waals surface area contributed by atoms with E-state index in [9.17, 15) is 18.0 Å². The lowest BCUT2D eigenvalue weighted by Gasteiger charge is -2.10. The first-order chi connectivity index (χ1) is 11.3. The van der Waals surface area contributed by atoms with Gasteiger partial charge in [-0.2, -0.15) is 13.2 Å². The van der Waals surface area contributed by atoms with Crippen LogP contribution >= 0.6 is 23.4 Å². The van der Waals surface area contributed by atoms with E-state index >= 15 is 0 Å². The third-order valence-electron chi connectivity index (χ3n) is 2.66. The standard InChI is InChI=1S/C14H13ClF3N3O2S/c15-10-2-1-3-11(8-10)21-6-4-19-12(21)24-7-5-20-13(22)23-9-14(16,17)18/h1-4,6,8H,5,7,9H2,(H,20,22). The van der Waals surface area contributed by atoms with Crippen LogP contribution in [0.25, 0.3) is 5.69 Å². The summed E-state index contributed by atoms with van der Waals surface area (Å²) in [6.07, 6.45) is -2.26. The first-order valence-electron chi connectivity index (χ1n) is 6.74. The van der Waals surface area contributed by atoms with Gasteiger partial charge in [-0.3, -0.25) is 4.57 Å². The molecule has 0 radical (unpaired) electrons. The SMILES string of the molecule is O=C(NCCSc1nccn1-c1cccc(Cl)c1)OCC(F)(F)F. The highest BCUT2D eigenvalue weighted by molar-refractivity contribution is 7.99. The van der Waals surface area contributed by atoms with Gasteiger partial charge in [0.2, 0.25) is 0 Å². The number of aromatic nitrogens is 2. The minimum atomic E-state index is -4.53. The average molecular weight is 380 g/mol. The Morgan fingerprint density at radius 3 is 2.92 bits per heavy atom. The van der Waals surface area contributed by atoms with Gasteiger partial charge in [-0.05, 0) is 18.2 Å². The molecule has 10 heteroatoms. The number of ether oxygens (including phenoxy) is 1. The molecule has 0 saturated heterocycles. The zero-order chi connectivity index (χ0) is 17.6. The number of hydrogen-bond donors (Lipinski definition) is 1. The van der Waals surface area contributed by atoms with Gasteiger partial charge in [0, 0.05) is 35.4 Å². The second-order valence-electron chi connectivity index (χ2n) is 4.53. The monoisotopic (exact) mass is 379 g/mol. The first-order valence-corrected chi connectivity index (χ1v) is 8.11. The number of nitrogens with one attached hydrogen (secondary N) is 1. The number of alkyl halides is 3. The number of alkyl carbamates (subject to hydrolysis) is 1. The summed E-state index contributed by atoms with van der Waals surface area (Å²) in [5.41, 5.74) is 0.833. The van der Waals surface area contributed by atoms with E-state index in [1.165, 1.54) is 11.8 Å². The van der Waals surface area contributed by atoms with Gasteiger partial charge in [0.15, 0.2) is 11.8 Å². The van der Waals surface area contributed by atoms with Crippen molar-refractivity contribution >= 4 is 29.5 Å². The molecule has 1 amide bonds. The van der Waals surface area contributed by atoms with Gasteiger partial charge >= 0.3 is 12.3 Å². The second kappa shape index (κ2) is 8.29. The molecule has 24 heavy (non-hydrogen) atoms. The molecular weight excluding hydrogens is 367 g/mol. The molecule has 1 heterocycles. The molecule has 130 valence electrons. The summed E-state index contributed by atoms with van der Waals surface area (Å²) in [7, 11) is 0. The molecule has 0 aliphatic heterocycles. The second-order valence-corrected chi connectivity index (χ2v) is 6.02. The smallest absolute Gasteiger partial charge is 0.422 e. The summed E-state index contributed by atoms with van der Waals surface area (Å²) >= 11 is 7.29. The number of carbonyl (C=O) groups is 1. The van der Waals surface area contributed by atoms with Crippen LogP contribution in [-0.4, -0.2) is 40.7 Å². The highest BCUT2D eigenvalue weighted by Crippen LogP contribution is 2.22. The summed E-state index contributed by atoms with van der Waals surface area (Å²) in [6.45, 7) is -1.46. The van der Waals surface area contributed by atoms with Crippen molar-refractivity contribution in [3.63, 3.8) is 0 Å². The van der Waals surface area contributed by atoms with E-state index in [1.807, 2.05) is 16.7 Å². The van der Waals surface area contributed by atoms with E-state index in [0.717, 1.165) is 5.69 Å². The molecule has 0 aliphatic carbocycles. The third kappa shape index (κ3) is 5.97. The maximum Gasteiger partial charge on any atom is 0.422 e. The molecule has 1 aromatic carbocycles. The van der Waals surface area contributed by atoms with Gasteiger partial charge in [-0.1, -0.05) is 29.4 Å². The molecular formula is C14H13ClF3N3O2S. The third-order valence-corrected chi connectivity index (χ3v) is 3.87. The Hall–Kier alpha value is -1.87. The lowest BCUT2D eigenvalue weighted by Crippen LogP contribution is -2.30. The van der Waals surface area contributed by atoms with Crippen LogP contribution in [0.2, 0.25) is 5.02 Å². The van der Waals surface area contributed by atoms with Crippen molar-refractivity contribution in [2.24, 2.45) is 0 Å². The van der Waals surface area contributed by atoms with Gasteiger partial charge in [-0.15, -0.1) is 0 Å². The number of halogens is 4. The molecule has 0 fully saturated rings. The number of hydrogen-bond acceptors (Lipinski definition) is 4. The molecule has 0 atom stereocenters. The minimum absolute atomic E-state index is 0.143. The van der Waals surface area contributed by atoms with E-state index in [2.05, 4.69) is 15.0 Å². The molecule has 0 bridgehead atoms. The Morgan fingerprint density at radius 2 is 2.21 bits per heavy atom. The quantitative estimate of drug-likeness (QED) is 0.610. The zero-order valence-corrected chi connectivity index (χ0v) is 13.8. The van der Waals surface area contributed by atoms with E-state index < -0.39 is 18.9 Å².